The summed E-state index contributed by atoms with van der Waals surface area (Å²) in [7, 11) is 0. The maximum Gasteiger partial charge on any atom is 0.142 e. The molecule has 0 aliphatic heterocycles. The van der Waals surface area contributed by atoms with Crippen LogP contribution in [0.4, 0.5) is 0 Å². The highest BCUT2D eigenvalue weighted by Crippen LogP contribution is 2.25. The van der Waals surface area contributed by atoms with Crippen LogP contribution < -0.4 is 0 Å². The van der Waals surface area contributed by atoms with Crippen molar-refractivity contribution in [2.45, 2.75) is 46.5 Å². The van der Waals surface area contributed by atoms with E-state index in [0.717, 1.165) is 6.42 Å². The van der Waals surface area contributed by atoms with E-state index in [0.29, 0.717) is 12.2 Å². The Bertz CT molecular complexity index is 206. The fourth-order valence-electron chi connectivity index (χ4n) is 1.37. The average molecular weight is 166 g/mol. The summed E-state index contributed by atoms with van der Waals surface area (Å²) in [6, 6.07) is 0. The number of carbonyl (C=O) groups is 1. The van der Waals surface area contributed by atoms with Gasteiger partial charge in [-0.2, -0.15) is 0 Å². The molecule has 0 amide bonds. The molecule has 0 saturated carbocycles. The molecule has 0 saturated heterocycles. The van der Waals surface area contributed by atoms with Crippen molar-refractivity contribution >= 4 is 5.78 Å². The van der Waals surface area contributed by atoms with E-state index in [9.17, 15) is 4.79 Å². The molecule has 0 spiro atoms. The van der Waals surface area contributed by atoms with Gasteiger partial charge >= 0.3 is 0 Å². The van der Waals surface area contributed by atoms with Crippen LogP contribution in [0.3, 0.4) is 0 Å². The minimum Gasteiger partial charge on any atom is -0.299 e. The number of Topliss-reactive ketones (excluding diaryl/α,β-unsaturated/α-hetero) is 1. The summed E-state index contributed by atoms with van der Waals surface area (Å²) in [4.78, 5) is 11.6. The molecule has 0 aromatic carbocycles. The first kappa shape index (κ1) is 9.50. The van der Waals surface area contributed by atoms with Gasteiger partial charge in [-0.05, 0) is 19.3 Å². The maximum absolute atomic E-state index is 11.6. The lowest BCUT2D eigenvalue weighted by atomic mass is 9.87. The molecule has 0 atom stereocenters. The Morgan fingerprint density at radius 3 is 2.58 bits per heavy atom. The van der Waals surface area contributed by atoms with E-state index < -0.39 is 0 Å². The quantitative estimate of drug-likeness (QED) is 0.576. The third-order valence-electron chi connectivity index (χ3n) is 2.36. The molecular formula is C11H18O. The van der Waals surface area contributed by atoms with Crippen LogP contribution in [0.2, 0.25) is 0 Å². The highest BCUT2D eigenvalue weighted by atomic mass is 16.1. The Morgan fingerprint density at radius 1 is 1.50 bits per heavy atom. The van der Waals surface area contributed by atoms with E-state index >= 15 is 0 Å². The van der Waals surface area contributed by atoms with Gasteiger partial charge in [-0.1, -0.05) is 32.4 Å². The van der Waals surface area contributed by atoms with Gasteiger partial charge < -0.3 is 0 Å². The average Bonchev–Trinajstić information content (AvgIpc) is 2.37. The van der Waals surface area contributed by atoms with Crippen molar-refractivity contribution in [1.82, 2.24) is 0 Å². The zero-order valence-corrected chi connectivity index (χ0v) is 8.31. The molecule has 1 nitrogen and oxygen atoms in total. The van der Waals surface area contributed by atoms with Crippen LogP contribution in [0.1, 0.15) is 46.5 Å². The van der Waals surface area contributed by atoms with Gasteiger partial charge in [0.2, 0.25) is 0 Å². The van der Waals surface area contributed by atoms with E-state index in [-0.39, 0.29) is 5.41 Å². The van der Waals surface area contributed by atoms with Crippen LogP contribution in [0.25, 0.3) is 0 Å². The van der Waals surface area contributed by atoms with Crippen molar-refractivity contribution in [2.24, 2.45) is 5.41 Å². The topological polar surface area (TPSA) is 17.1 Å². The highest BCUT2D eigenvalue weighted by Gasteiger charge is 2.22. The summed E-state index contributed by atoms with van der Waals surface area (Å²) >= 11 is 0. The van der Waals surface area contributed by atoms with E-state index in [1.165, 1.54) is 18.4 Å². The lowest BCUT2D eigenvalue weighted by Crippen LogP contribution is -2.20. The lowest BCUT2D eigenvalue weighted by Gasteiger charge is -2.16. The number of rotatable bonds is 2. The summed E-state index contributed by atoms with van der Waals surface area (Å²) < 4.78 is 0. The molecule has 68 valence electrons. The Morgan fingerprint density at radius 2 is 2.17 bits per heavy atom. The molecule has 1 rings (SSSR count). The SMILES string of the molecule is CC(C)(C)C(=O)CC1=CCCC1. The van der Waals surface area contributed by atoms with E-state index in [1.54, 1.807) is 0 Å². The van der Waals surface area contributed by atoms with Crippen molar-refractivity contribution in [1.29, 1.82) is 0 Å². The number of hydrogen-bond acceptors (Lipinski definition) is 1. The lowest BCUT2D eigenvalue weighted by molar-refractivity contribution is -0.125. The standard InChI is InChI=1S/C11H18O/c1-11(2,3)10(12)8-9-6-4-5-7-9/h6H,4-5,7-8H2,1-3H3. The van der Waals surface area contributed by atoms with Crippen LogP contribution in [-0.2, 0) is 4.79 Å². The largest absolute Gasteiger partial charge is 0.299 e. The molecule has 0 aromatic heterocycles. The molecule has 1 aliphatic rings. The predicted molar refractivity (Wildman–Crippen MR) is 51.0 cm³/mol. The third kappa shape index (κ3) is 2.47. The normalized spacial score (nSPS) is 17.8. The molecule has 1 aliphatic carbocycles. The molecule has 0 heterocycles. The van der Waals surface area contributed by atoms with Crippen LogP contribution in [0.5, 0.6) is 0 Å². The molecular weight excluding hydrogens is 148 g/mol. The Labute approximate surface area is 74.9 Å². The number of hydrogen-bond donors (Lipinski definition) is 0. The third-order valence-corrected chi connectivity index (χ3v) is 2.36. The van der Waals surface area contributed by atoms with E-state index in [2.05, 4.69) is 6.08 Å². The predicted octanol–water partition coefficient (Wildman–Crippen LogP) is 3.10. The van der Waals surface area contributed by atoms with Gasteiger partial charge in [0.25, 0.3) is 0 Å². The van der Waals surface area contributed by atoms with Gasteiger partial charge in [-0.25, -0.2) is 0 Å². The molecule has 12 heavy (non-hydrogen) atoms. The summed E-state index contributed by atoms with van der Waals surface area (Å²) in [6.07, 6.45) is 6.47. The van der Waals surface area contributed by atoms with Crippen molar-refractivity contribution in [3.63, 3.8) is 0 Å². The van der Waals surface area contributed by atoms with Crippen LogP contribution in [0, 0.1) is 5.41 Å². The first-order chi connectivity index (χ1) is 5.50. The first-order valence-electron chi connectivity index (χ1n) is 4.71. The zero-order valence-electron chi connectivity index (χ0n) is 8.31. The molecule has 0 aromatic rings. The second-order valence-electron chi connectivity index (χ2n) is 4.60. The number of allylic oxidation sites excluding steroid dienone is 2. The Kier molecular flexibility index (Phi) is 2.71. The molecule has 0 radical (unpaired) electrons. The van der Waals surface area contributed by atoms with Crippen LogP contribution in [0.15, 0.2) is 11.6 Å². The number of carbonyl (C=O) groups excluding carboxylic acids is 1. The second kappa shape index (κ2) is 3.42. The summed E-state index contributed by atoms with van der Waals surface area (Å²) in [5, 5.41) is 0. The van der Waals surface area contributed by atoms with Gasteiger partial charge in [0.1, 0.15) is 5.78 Å². The molecule has 0 N–H and O–H groups in total. The van der Waals surface area contributed by atoms with Gasteiger partial charge in [0.15, 0.2) is 0 Å². The van der Waals surface area contributed by atoms with Gasteiger partial charge in [0.05, 0.1) is 0 Å². The molecule has 0 unspecified atom stereocenters. The highest BCUT2D eigenvalue weighted by molar-refractivity contribution is 5.85. The van der Waals surface area contributed by atoms with E-state index in [1.807, 2.05) is 20.8 Å². The van der Waals surface area contributed by atoms with Crippen molar-refractivity contribution in [2.75, 3.05) is 0 Å². The second-order valence-corrected chi connectivity index (χ2v) is 4.60. The minimum atomic E-state index is -0.163. The fraction of sp³-hybridized carbons (Fsp3) is 0.727. The molecule has 1 heteroatoms. The maximum atomic E-state index is 11.6. The molecule has 0 bridgehead atoms. The molecule has 0 fully saturated rings. The Balaban J connectivity index is 2.46. The van der Waals surface area contributed by atoms with Gasteiger partial charge in [0, 0.05) is 11.8 Å². The fourth-order valence-corrected chi connectivity index (χ4v) is 1.37. The Hall–Kier alpha value is -0.590. The first-order valence-corrected chi connectivity index (χ1v) is 4.71. The monoisotopic (exact) mass is 166 g/mol. The van der Waals surface area contributed by atoms with Gasteiger partial charge in [-0.3, -0.25) is 4.79 Å². The van der Waals surface area contributed by atoms with Crippen LogP contribution in [-0.4, -0.2) is 5.78 Å². The van der Waals surface area contributed by atoms with Crippen molar-refractivity contribution < 1.29 is 4.79 Å². The van der Waals surface area contributed by atoms with Crippen molar-refractivity contribution in [3.8, 4) is 0 Å². The minimum absolute atomic E-state index is 0.163. The summed E-state index contributed by atoms with van der Waals surface area (Å²) in [6.45, 7) is 5.97. The van der Waals surface area contributed by atoms with Crippen LogP contribution >= 0.6 is 0 Å². The smallest absolute Gasteiger partial charge is 0.142 e. The number of ketones is 1. The summed E-state index contributed by atoms with van der Waals surface area (Å²) in [5.41, 5.74) is 1.19. The summed E-state index contributed by atoms with van der Waals surface area (Å²) in [5.74, 6) is 0.371. The van der Waals surface area contributed by atoms with Gasteiger partial charge in [-0.15, -0.1) is 0 Å². The van der Waals surface area contributed by atoms with E-state index in [4.69, 9.17) is 0 Å². The van der Waals surface area contributed by atoms with Crippen molar-refractivity contribution in [3.05, 3.63) is 11.6 Å². The zero-order chi connectivity index (χ0) is 9.19.